The van der Waals surface area contributed by atoms with Crippen molar-refractivity contribution in [1.82, 2.24) is 7.76 Å². The quantitative estimate of drug-likeness (QED) is 0.572. The van der Waals surface area contributed by atoms with Gasteiger partial charge in [-0.15, -0.1) is 0 Å². The first kappa shape index (κ1) is 11.7. The Labute approximate surface area is 98.2 Å². The summed E-state index contributed by atoms with van der Waals surface area (Å²) < 4.78 is 39.7. The second-order valence-electron chi connectivity index (χ2n) is 3.42. The first-order valence-corrected chi connectivity index (χ1v) is 9.74. The number of nitrogens with zero attached hydrogens (tertiary/aromatic N) is 2. The third-order valence-corrected chi connectivity index (χ3v) is 5.00. The van der Waals surface area contributed by atoms with Gasteiger partial charge in [0.15, 0.2) is 0 Å². The molecule has 0 amide bonds. The average Bonchev–Trinajstić information content (AvgIpc) is 2.55. The van der Waals surface area contributed by atoms with Crippen molar-refractivity contribution in [3.05, 3.63) is 30.1 Å². The number of hydrogen-bond acceptors (Lipinski definition) is 1. The van der Waals surface area contributed by atoms with Crippen LogP contribution in [0.25, 0.3) is 11.0 Å². The van der Waals surface area contributed by atoms with Crippen LogP contribution in [0, 0.1) is 0 Å². The van der Waals surface area contributed by atoms with E-state index in [1.807, 2.05) is 9.86 Å². The molecule has 2 rings (SSSR count). The number of para-hydroxylation sites is 2. The van der Waals surface area contributed by atoms with Gasteiger partial charge in [-0.2, -0.15) is 0 Å². The van der Waals surface area contributed by atoms with E-state index in [-0.39, 0.29) is 0 Å². The van der Waals surface area contributed by atoms with Gasteiger partial charge in [-0.25, -0.2) is 0 Å². The molecular formula is C10H10F3IN2. The van der Waals surface area contributed by atoms with Crippen LogP contribution in [-0.2, 0) is 6.18 Å². The van der Waals surface area contributed by atoms with Gasteiger partial charge in [0.05, 0.1) is 0 Å². The van der Waals surface area contributed by atoms with Crippen molar-refractivity contribution in [3.8, 4) is 0 Å². The van der Waals surface area contributed by atoms with Gasteiger partial charge in [0.25, 0.3) is 0 Å². The molecule has 2 nitrogen and oxygen atoms in total. The van der Waals surface area contributed by atoms with E-state index in [1.165, 1.54) is 2.78 Å². The van der Waals surface area contributed by atoms with E-state index < -0.39 is 32.1 Å². The average molecular weight is 342 g/mol. The van der Waals surface area contributed by atoms with Crippen LogP contribution in [-0.4, -0.2) is 17.6 Å². The standard InChI is InChI=1S/C10H10F3IN2/c1-14(2)16-8-6-4-3-5-7(8)15-9(16)10(11,12)13/h3-6H,1-2H3. The third kappa shape index (κ3) is 1.90. The fraction of sp³-hybridized carbons (Fsp3) is 0.300. The molecule has 0 atom stereocenters. The van der Waals surface area contributed by atoms with Crippen molar-refractivity contribution in [3.63, 3.8) is 0 Å². The molecule has 0 aliphatic rings. The van der Waals surface area contributed by atoms with Gasteiger partial charge in [0.2, 0.25) is 0 Å². The van der Waals surface area contributed by atoms with E-state index >= 15 is 0 Å². The van der Waals surface area contributed by atoms with Gasteiger partial charge in [0.1, 0.15) is 0 Å². The zero-order valence-electron chi connectivity index (χ0n) is 8.72. The number of imidazole rings is 1. The number of halogens is 4. The topological polar surface area (TPSA) is 17.8 Å². The van der Waals surface area contributed by atoms with E-state index in [1.54, 1.807) is 24.3 Å². The second-order valence-corrected chi connectivity index (χ2v) is 8.47. The van der Waals surface area contributed by atoms with Crippen molar-refractivity contribution < 1.29 is 13.2 Å². The van der Waals surface area contributed by atoms with E-state index in [4.69, 9.17) is 0 Å². The first-order valence-electron chi connectivity index (χ1n) is 4.46. The van der Waals surface area contributed by atoms with Crippen LogP contribution in [0.4, 0.5) is 13.2 Å². The molecule has 6 heteroatoms. The molecule has 0 bridgehead atoms. The van der Waals surface area contributed by atoms with Crippen LogP contribution >= 0.6 is 20.1 Å². The normalized spacial score (nSPS) is 13.2. The fourth-order valence-electron chi connectivity index (χ4n) is 1.51. The summed E-state index contributed by atoms with van der Waals surface area (Å²) in [5.41, 5.74) is 1.01. The number of rotatable bonds is 1. The Bertz CT molecular complexity index is 516. The number of hydrogen-bond donors (Lipinski definition) is 0. The van der Waals surface area contributed by atoms with Crippen molar-refractivity contribution in [2.45, 2.75) is 6.18 Å². The van der Waals surface area contributed by atoms with Gasteiger partial charge in [-0.1, -0.05) is 0 Å². The van der Waals surface area contributed by atoms with Gasteiger partial charge >= 0.3 is 98.2 Å². The Hall–Kier alpha value is -0.790. The molecule has 0 radical (unpaired) electrons. The van der Waals surface area contributed by atoms with E-state index in [0.717, 1.165) is 0 Å². The summed E-state index contributed by atoms with van der Waals surface area (Å²) in [7, 11) is 0. The van der Waals surface area contributed by atoms with Crippen molar-refractivity contribution >= 4 is 31.1 Å². The number of alkyl halides is 5. The molecular weight excluding hydrogens is 332 g/mol. The van der Waals surface area contributed by atoms with Crippen LogP contribution in [0.1, 0.15) is 5.82 Å². The Kier molecular flexibility index (Phi) is 2.85. The van der Waals surface area contributed by atoms with Gasteiger partial charge in [0, 0.05) is 0 Å². The SMILES string of the molecule is CI(C)n1c(C(F)(F)F)nc2ccccc21. The number of fused-ring (bicyclic) bond motifs is 1. The zero-order valence-corrected chi connectivity index (χ0v) is 10.9. The van der Waals surface area contributed by atoms with Crippen LogP contribution < -0.4 is 0 Å². The molecule has 16 heavy (non-hydrogen) atoms. The van der Waals surface area contributed by atoms with E-state index in [0.29, 0.717) is 11.0 Å². The minimum atomic E-state index is -4.37. The maximum absolute atomic E-state index is 12.8. The molecule has 0 aliphatic carbocycles. The van der Waals surface area contributed by atoms with Crippen LogP contribution in [0.3, 0.4) is 0 Å². The molecule has 0 saturated carbocycles. The molecule has 0 fully saturated rings. The van der Waals surface area contributed by atoms with Gasteiger partial charge < -0.3 is 0 Å². The maximum atomic E-state index is 12.8. The van der Waals surface area contributed by atoms with Crippen molar-refractivity contribution in [1.29, 1.82) is 0 Å². The molecule has 1 heterocycles. The predicted molar refractivity (Wildman–Crippen MR) is 66.0 cm³/mol. The van der Waals surface area contributed by atoms with E-state index in [9.17, 15) is 13.2 Å². The van der Waals surface area contributed by atoms with Gasteiger partial charge in [-0.3, -0.25) is 0 Å². The Morgan fingerprint density at radius 1 is 1.19 bits per heavy atom. The molecule has 0 N–H and O–H groups in total. The van der Waals surface area contributed by atoms with Crippen LogP contribution in [0.5, 0.6) is 0 Å². The Morgan fingerprint density at radius 2 is 1.81 bits per heavy atom. The predicted octanol–water partition coefficient (Wildman–Crippen LogP) is 3.58. The summed E-state index contributed by atoms with van der Waals surface area (Å²) in [5.74, 6) is -0.760. The van der Waals surface area contributed by atoms with Crippen molar-refractivity contribution in [2.24, 2.45) is 0 Å². The zero-order chi connectivity index (χ0) is 11.9. The molecule has 2 aromatic rings. The molecule has 0 saturated heterocycles. The third-order valence-electron chi connectivity index (χ3n) is 2.10. The summed E-state index contributed by atoms with van der Waals surface area (Å²) in [5, 5.41) is 0. The summed E-state index contributed by atoms with van der Waals surface area (Å²) in [6.07, 6.45) is -4.37. The van der Waals surface area contributed by atoms with Crippen LogP contribution in [0.15, 0.2) is 24.3 Å². The number of aromatic nitrogens is 2. The van der Waals surface area contributed by atoms with Gasteiger partial charge in [-0.05, 0) is 0 Å². The summed E-state index contributed by atoms with van der Waals surface area (Å²) in [6.45, 7) is 0. The first-order chi connectivity index (χ1) is 7.41. The molecule has 0 unspecified atom stereocenters. The monoisotopic (exact) mass is 342 g/mol. The fourth-order valence-corrected chi connectivity index (χ4v) is 4.26. The number of benzene rings is 1. The molecule has 1 aromatic heterocycles. The second kappa shape index (κ2) is 3.90. The summed E-state index contributed by atoms with van der Waals surface area (Å²) >= 11 is -1.81. The Morgan fingerprint density at radius 3 is 2.38 bits per heavy atom. The summed E-state index contributed by atoms with van der Waals surface area (Å²) in [6, 6.07) is 6.74. The van der Waals surface area contributed by atoms with E-state index in [2.05, 4.69) is 4.98 Å². The Balaban J connectivity index is 2.78. The molecule has 88 valence electrons. The molecule has 1 aromatic carbocycles. The molecule has 0 spiro atoms. The minimum absolute atomic E-state index is 0.417. The van der Waals surface area contributed by atoms with Crippen LogP contribution in [0.2, 0.25) is 0 Å². The summed E-state index contributed by atoms with van der Waals surface area (Å²) in [4.78, 5) is 7.42. The van der Waals surface area contributed by atoms with Crippen molar-refractivity contribution in [2.75, 3.05) is 9.86 Å². The molecule has 0 aliphatic heterocycles.